The van der Waals surface area contributed by atoms with Gasteiger partial charge in [0, 0.05) is 0 Å². The maximum Gasteiger partial charge on any atom is 0.314 e. The summed E-state index contributed by atoms with van der Waals surface area (Å²) in [6.45, 7) is 3.76. The van der Waals surface area contributed by atoms with Crippen LogP contribution in [0.25, 0.3) is 0 Å². The third-order valence-corrected chi connectivity index (χ3v) is 4.25. The second kappa shape index (κ2) is 5.32. The lowest BCUT2D eigenvalue weighted by atomic mass is 10.3. The minimum Gasteiger partial charge on any atom is -0.309 e. The van der Waals surface area contributed by atoms with Gasteiger partial charge in [0.05, 0.1) is 10.0 Å². The summed E-state index contributed by atoms with van der Waals surface area (Å²) >= 11 is 2.79. The minimum atomic E-state index is -0.645. The molecule has 0 unspecified atom stereocenters. The van der Waals surface area contributed by atoms with E-state index < -0.39 is 11.8 Å². The second-order valence-corrected chi connectivity index (χ2v) is 5.61. The number of hydrogen-bond acceptors (Lipinski definition) is 4. The normalized spacial score (nSPS) is 10.1. The third kappa shape index (κ3) is 2.77. The summed E-state index contributed by atoms with van der Waals surface area (Å²) in [6, 6.07) is 3.78. The summed E-state index contributed by atoms with van der Waals surface area (Å²) in [5.74, 6) is -1.29. The van der Waals surface area contributed by atoms with Crippen LogP contribution in [0.3, 0.4) is 0 Å². The lowest BCUT2D eigenvalue weighted by Gasteiger charge is -2.05. The first-order valence-corrected chi connectivity index (χ1v) is 7.04. The molecule has 0 fully saturated rings. The first-order valence-electron chi connectivity index (χ1n) is 5.28. The van der Waals surface area contributed by atoms with Gasteiger partial charge in [0.25, 0.3) is 0 Å². The predicted octanol–water partition coefficient (Wildman–Crippen LogP) is 3.00. The quantitative estimate of drug-likeness (QED) is 0.831. The molecule has 0 spiro atoms. The van der Waals surface area contributed by atoms with Crippen molar-refractivity contribution in [1.29, 1.82) is 0 Å². The van der Waals surface area contributed by atoms with Crippen molar-refractivity contribution in [2.45, 2.75) is 13.8 Å². The van der Waals surface area contributed by atoms with Gasteiger partial charge < -0.3 is 10.6 Å². The van der Waals surface area contributed by atoms with E-state index in [1.165, 1.54) is 22.7 Å². The zero-order chi connectivity index (χ0) is 13.1. The van der Waals surface area contributed by atoms with Crippen molar-refractivity contribution in [2.24, 2.45) is 0 Å². The molecule has 4 nitrogen and oxygen atoms in total. The van der Waals surface area contributed by atoms with Gasteiger partial charge in [-0.15, -0.1) is 22.7 Å². The third-order valence-electron chi connectivity index (χ3n) is 2.38. The number of hydrogen-bond donors (Lipinski definition) is 2. The predicted molar refractivity (Wildman–Crippen MR) is 75.4 cm³/mol. The van der Waals surface area contributed by atoms with Gasteiger partial charge in [0.2, 0.25) is 0 Å². The largest absolute Gasteiger partial charge is 0.314 e. The maximum absolute atomic E-state index is 11.7. The van der Waals surface area contributed by atoms with Crippen molar-refractivity contribution >= 4 is 44.5 Å². The molecule has 0 saturated heterocycles. The molecule has 0 bridgehead atoms. The molecule has 0 aliphatic carbocycles. The Morgan fingerprint density at radius 1 is 0.889 bits per heavy atom. The van der Waals surface area contributed by atoms with Crippen molar-refractivity contribution in [1.82, 2.24) is 0 Å². The van der Waals surface area contributed by atoms with Gasteiger partial charge in [-0.25, -0.2) is 0 Å². The Morgan fingerprint density at radius 2 is 1.28 bits per heavy atom. The number of amides is 2. The van der Waals surface area contributed by atoms with E-state index in [4.69, 9.17) is 0 Å². The van der Waals surface area contributed by atoms with Crippen LogP contribution >= 0.6 is 22.7 Å². The first-order chi connectivity index (χ1) is 8.58. The van der Waals surface area contributed by atoms with Gasteiger partial charge in [0.15, 0.2) is 0 Å². The molecule has 2 amide bonds. The van der Waals surface area contributed by atoms with Crippen LogP contribution in [0.2, 0.25) is 0 Å². The number of nitrogens with one attached hydrogen (secondary N) is 2. The van der Waals surface area contributed by atoms with E-state index in [-0.39, 0.29) is 0 Å². The summed E-state index contributed by atoms with van der Waals surface area (Å²) in [7, 11) is 0. The van der Waals surface area contributed by atoms with Crippen LogP contribution in [0, 0.1) is 13.8 Å². The van der Waals surface area contributed by atoms with E-state index >= 15 is 0 Å². The highest BCUT2D eigenvalue weighted by Gasteiger charge is 2.16. The number of carbonyl (C=O) groups excluding carboxylic acids is 2. The Balaban J connectivity index is 2.00. The second-order valence-electron chi connectivity index (χ2n) is 3.77. The average Bonchev–Trinajstić information content (AvgIpc) is 2.90. The van der Waals surface area contributed by atoms with Gasteiger partial charge in [-0.05, 0) is 47.9 Å². The zero-order valence-corrected chi connectivity index (χ0v) is 11.6. The fraction of sp³-hybridized carbons (Fsp3) is 0.167. The lowest BCUT2D eigenvalue weighted by Crippen LogP contribution is -2.28. The topological polar surface area (TPSA) is 58.2 Å². The van der Waals surface area contributed by atoms with Gasteiger partial charge in [-0.1, -0.05) is 0 Å². The van der Waals surface area contributed by atoms with Crippen molar-refractivity contribution in [3.05, 3.63) is 34.0 Å². The van der Waals surface area contributed by atoms with Crippen LogP contribution in [0.15, 0.2) is 22.9 Å². The van der Waals surface area contributed by atoms with E-state index in [9.17, 15) is 9.59 Å². The van der Waals surface area contributed by atoms with Gasteiger partial charge >= 0.3 is 11.8 Å². The molecular weight excluding hydrogens is 268 g/mol. The molecule has 0 aromatic carbocycles. The summed E-state index contributed by atoms with van der Waals surface area (Å²) in [6.07, 6.45) is 0. The standard InChI is InChI=1S/C12H12N2O2S2/c1-7-3-5-17-11(7)13-9(15)10(16)14-12-8(2)4-6-18-12/h3-6H,1-2H3,(H,13,15)(H,14,16). The van der Waals surface area contributed by atoms with E-state index in [1.807, 2.05) is 36.7 Å². The van der Waals surface area contributed by atoms with Crippen LogP contribution in [0.1, 0.15) is 11.1 Å². The van der Waals surface area contributed by atoms with E-state index in [1.54, 1.807) is 0 Å². The fourth-order valence-corrected chi connectivity index (χ4v) is 2.95. The Labute approximate surface area is 113 Å². The first kappa shape index (κ1) is 12.8. The van der Waals surface area contributed by atoms with Crippen LogP contribution < -0.4 is 10.6 Å². The number of anilines is 2. The summed E-state index contributed by atoms with van der Waals surface area (Å²) in [5, 5.41) is 10.3. The Hall–Kier alpha value is -1.66. The molecule has 94 valence electrons. The Morgan fingerprint density at radius 3 is 1.56 bits per heavy atom. The lowest BCUT2D eigenvalue weighted by molar-refractivity contribution is -0.132. The molecule has 2 aromatic heterocycles. The van der Waals surface area contributed by atoms with Crippen molar-refractivity contribution in [2.75, 3.05) is 10.6 Å². The molecule has 2 heterocycles. The summed E-state index contributed by atoms with van der Waals surface area (Å²) in [5.41, 5.74) is 1.90. The Kier molecular flexibility index (Phi) is 3.78. The highest BCUT2D eigenvalue weighted by molar-refractivity contribution is 7.15. The fourth-order valence-electron chi connectivity index (χ4n) is 1.32. The van der Waals surface area contributed by atoms with Gasteiger partial charge in [-0.2, -0.15) is 0 Å². The smallest absolute Gasteiger partial charge is 0.309 e. The number of thiophene rings is 2. The molecule has 0 saturated carbocycles. The van der Waals surface area contributed by atoms with E-state index in [0.29, 0.717) is 10.0 Å². The number of rotatable bonds is 2. The van der Waals surface area contributed by atoms with Crippen LogP contribution in [-0.2, 0) is 9.59 Å². The van der Waals surface area contributed by atoms with Crippen molar-refractivity contribution in [3.8, 4) is 0 Å². The number of carbonyl (C=O) groups is 2. The Bertz CT molecular complexity index is 534. The van der Waals surface area contributed by atoms with Gasteiger partial charge in [-0.3, -0.25) is 9.59 Å². The molecule has 0 aliphatic rings. The number of aryl methyl sites for hydroxylation is 2. The summed E-state index contributed by atoms with van der Waals surface area (Å²) < 4.78 is 0. The highest BCUT2D eigenvalue weighted by Crippen LogP contribution is 2.23. The monoisotopic (exact) mass is 280 g/mol. The van der Waals surface area contributed by atoms with E-state index in [0.717, 1.165) is 11.1 Å². The average molecular weight is 280 g/mol. The molecule has 2 rings (SSSR count). The van der Waals surface area contributed by atoms with Crippen LogP contribution in [0.5, 0.6) is 0 Å². The molecule has 0 aliphatic heterocycles. The van der Waals surface area contributed by atoms with Crippen molar-refractivity contribution in [3.63, 3.8) is 0 Å². The van der Waals surface area contributed by atoms with Crippen LogP contribution in [-0.4, -0.2) is 11.8 Å². The van der Waals surface area contributed by atoms with Crippen LogP contribution in [0.4, 0.5) is 10.0 Å². The van der Waals surface area contributed by atoms with Crippen molar-refractivity contribution < 1.29 is 9.59 Å². The van der Waals surface area contributed by atoms with E-state index in [2.05, 4.69) is 10.6 Å². The maximum atomic E-state index is 11.7. The molecule has 2 N–H and O–H groups in total. The SMILES string of the molecule is Cc1ccsc1NC(=O)C(=O)Nc1sccc1C. The molecule has 6 heteroatoms. The highest BCUT2D eigenvalue weighted by atomic mass is 32.1. The van der Waals surface area contributed by atoms with Gasteiger partial charge in [0.1, 0.15) is 0 Å². The molecule has 0 radical (unpaired) electrons. The molecular formula is C12H12N2O2S2. The summed E-state index contributed by atoms with van der Waals surface area (Å²) in [4.78, 5) is 23.4. The minimum absolute atomic E-state index is 0.645. The molecule has 0 atom stereocenters. The molecule has 2 aromatic rings. The zero-order valence-electron chi connectivity index (χ0n) is 9.94. The molecule has 18 heavy (non-hydrogen) atoms.